The fraction of sp³-hybridized carbons (Fsp3) is 0.333. The highest BCUT2D eigenvalue weighted by Gasteiger charge is 2.20. The van der Waals surface area contributed by atoms with Gasteiger partial charge < -0.3 is 4.90 Å². The van der Waals surface area contributed by atoms with Crippen molar-refractivity contribution in [3.05, 3.63) is 52.9 Å². The number of benzene rings is 1. The van der Waals surface area contributed by atoms with Gasteiger partial charge in [-0.3, -0.25) is 0 Å². The molecular formula is C15H20N2O2S2. The Bertz CT molecular complexity index is 662. The van der Waals surface area contributed by atoms with Crippen LogP contribution >= 0.6 is 11.3 Å². The predicted molar refractivity (Wildman–Crippen MR) is 87.1 cm³/mol. The molecule has 2 aromatic rings. The number of hydrogen-bond acceptors (Lipinski definition) is 4. The number of nitrogens with zero attached hydrogens (tertiary/aromatic N) is 1. The van der Waals surface area contributed by atoms with Crippen molar-refractivity contribution in [1.29, 1.82) is 0 Å². The van der Waals surface area contributed by atoms with Gasteiger partial charge in [0.2, 0.25) is 10.0 Å². The van der Waals surface area contributed by atoms with Gasteiger partial charge in [-0.15, -0.1) is 11.3 Å². The second-order valence-corrected chi connectivity index (χ2v) is 8.12. The zero-order valence-electron chi connectivity index (χ0n) is 12.4. The molecule has 0 radical (unpaired) electrons. The molecule has 0 fully saturated rings. The summed E-state index contributed by atoms with van der Waals surface area (Å²) < 4.78 is 27.4. The van der Waals surface area contributed by atoms with E-state index in [2.05, 4.69) is 4.72 Å². The van der Waals surface area contributed by atoms with E-state index in [9.17, 15) is 8.42 Å². The molecule has 6 heteroatoms. The monoisotopic (exact) mass is 324 g/mol. The second-order valence-electron chi connectivity index (χ2n) is 5.17. The number of sulfonamides is 1. The summed E-state index contributed by atoms with van der Waals surface area (Å²) in [6, 6.07) is 11.5. The van der Waals surface area contributed by atoms with Crippen molar-refractivity contribution < 1.29 is 8.42 Å². The lowest BCUT2D eigenvalue weighted by Crippen LogP contribution is -2.34. The average Bonchev–Trinajstić information content (AvgIpc) is 2.95. The molecule has 2 rings (SSSR count). The Balaban J connectivity index is 2.13. The van der Waals surface area contributed by atoms with Crippen LogP contribution in [0.3, 0.4) is 0 Å². The van der Waals surface area contributed by atoms with Crippen LogP contribution in [0.1, 0.15) is 17.2 Å². The van der Waals surface area contributed by atoms with Crippen LogP contribution in [0.15, 0.2) is 46.0 Å². The minimum atomic E-state index is -3.42. The van der Waals surface area contributed by atoms with Gasteiger partial charge in [0.1, 0.15) is 4.21 Å². The van der Waals surface area contributed by atoms with Crippen LogP contribution in [-0.2, 0) is 10.0 Å². The molecule has 1 heterocycles. The smallest absolute Gasteiger partial charge is 0.250 e. The van der Waals surface area contributed by atoms with Gasteiger partial charge >= 0.3 is 0 Å². The van der Waals surface area contributed by atoms with Gasteiger partial charge in [-0.1, -0.05) is 35.9 Å². The van der Waals surface area contributed by atoms with Crippen molar-refractivity contribution in [2.24, 2.45) is 0 Å². The maximum absolute atomic E-state index is 12.2. The largest absolute Gasteiger partial charge is 0.301 e. The molecule has 0 aliphatic carbocycles. The highest BCUT2D eigenvalue weighted by Crippen LogP contribution is 2.20. The molecule has 21 heavy (non-hydrogen) atoms. The number of rotatable bonds is 6. The van der Waals surface area contributed by atoms with E-state index in [1.807, 2.05) is 50.2 Å². The SMILES string of the molecule is Cc1ccc([C@@H](CNS(=O)(=O)c2cccs2)N(C)C)cc1. The van der Waals surface area contributed by atoms with Crippen molar-refractivity contribution in [1.82, 2.24) is 9.62 Å². The van der Waals surface area contributed by atoms with Gasteiger partial charge in [-0.25, -0.2) is 13.1 Å². The molecule has 1 aromatic heterocycles. The highest BCUT2D eigenvalue weighted by atomic mass is 32.2. The highest BCUT2D eigenvalue weighted by molar-refractivity contribution is 7.91. The van der Waals surface area contributed by atoms with E-state index in [1.54, 1.807) is 17.5 Å². The molecule has 4 nitrogen and oxygen atoms in total. The number of nitrogens with one attached hydrogen (secondary N) is 1. The Kier molecular flexibility index (Phi) is 5.16. The Hall–Kier alpha value is -1.21. The third-order valence-electron chi connectivity index (χ3n) is 3.31. The summed E-state index contributed by atoms with van der Waals surface area (Å²) in [7, 11) is 0.477. The van der Waals surface area contributed by atoms with Crippen LogP contribution in [0.5, 0.6) is 0 Å². The summed E-state index contributed by atoms with van der Waals surface area (Å²) in [5, 5.41) is 1.76. The van der Waals surface area contributed by atoms with E-state index in [0.29, 0.717) is 10.8 Å². The molecule has 0 bridgehead atoms. The van der Waals surface area contributed by atoms with Crippen LogP contribution < -0.4 is 4.72 Å². The lowest BCUT2D eigenvalue weighted by molar-refractivity contribution is 0.299. The van der Waals surface area contributed by atoms with E-state index in [0.717, 1.165) is 5.56 Å². The van der Waals surface area contributed by atoms with E-state index >= 15 is 0 Å². The van der Waals surface area contributed by atoms with Crippen molar-refractivity contribution in [2.45, 2.75) is 17.2 Å². The quantitative estimate of drug-likeness (QED) is 0.889. The van der Waals surface area contributed by atoms with Crippen LogP contribution in [-0.4, -0.2) is 34.0 Å². The van der Waals surface area contributed by atoms with E-state index < -0.39 is 10.0 Å². The predicted octanol–water partition coefficient (Wildman–Crippen LogP) is 2.64. The Labute approximate surface area is 130 Å². The number of thiophene rings is 1. The van der Waals surface area contributed by atoms with E-state index in [4.69, 9.17) is 0 Å². The number of aryl methyl sites for hydroxylation is 1. The van der Waals surface area contributed by atoms with E-state index in [1.165, 1.54) is 16.9 Å². The average molecular weight is 324 g/mol. The molecule has 114 valence electrons. The first-order valence-corrected chi connectivity index (χ1v) is 9.02. The molecule has 0 aliphatic heterocycles. The molecule has 0 amide bonds. The maximum atomic E-state index is 12.2. The Morgan fingerprint density at radius 1 is 1.19 bits per heavy atom. The van der Waals surface area contributed by atoms with Gasteiger partial charge in [0.15, 0.2) is 0 Å². The summed E-state index contributed by atoms with van der Waals surface area (Å²) in [6.45, 7) is 2.38. The van der Waals surface area contributed by atoms with Gasteiger partial charge in [0.05, 0.1) is 0 Å². The first kappa shape index (κ1) is 16.2. The topological polar surface area (TPSA) is 49.4 Å². The summed E-state index contributed by atoms with van der Waals surface area (Å²) in [4.78, 5) is 2.02. The molecule has 1 N–H and O–H groups in total. The maximum Gasteiger partial charge on any atom is 0.250 e. The minimum Gasteiger partial charge on any atom is -0.301 e. The van der Waals surface area contributed by atoms with Crippen LogP contribution in [0, 0.1) is 6.92 Å². The standard InChI is InChI=1S/C15H20N2O2S2/c1-12-6-8-13(9-7-12)14(17(2)3)11-16-21(18,19)15-5-4-10-20-15/h4-10,14,16H,11H2,1-3H3/t14-/m1/s1. The van der Waals surface area contributed by atoms with Crippen LogP contribution in [0.2, 0.25) is 0 Å². The van der Waals surface area contributed by atoms with Crippen LogP contribution in [0.25, 0.3) is 0 Å². The Morgan fingerprint density at radius 3 is 2.38 bits per heavy atom. The summed E-state index contributed by atoms with van der Waals surface area (Å²) >= 11 is 1.22. The molecule has 0 spiro atoms. The zero-order chi connectivity index (χ0) is 15.5. The van der Waals surface area contributed by atoms with Crippen LogP contribution in [0.4, 0.5) is 0 Å². The fourth-order valence-corrected chi connectivity index (χ4v) is 4.14. The second kappa shape index (κ2) is 6.70. The van der Waals surface area contributed by atoms with Crippen molar-refractivity contribution in [3.8, 4) is 0 Å². The third kappa shape index (κ3) is 4.14. The number of likely N-dealkylation sites (N-methyl/N-ethyl adjacent to an activating group) is 1. The van der Waals surface area contributed by atoms with E-state index in [-0.39, 0.29) is 6.04 Å². The first-order valence-electron chi connectivity index (χ1n) is 6.66. The molecule has 0 saturated carbocycles. The van der Waals surface area contributed by atoms with Gasteiger partial charge in [0, 0.05) is 12.6 Å². The lowest BCUT2D eigenvalue weighted by Gasteiger charge is -2.25. The fourth-order valence-electron chi connectivity index (χ4n) is 2.06. The van der Waals surface area contributed by atoms with Gasteiger partial charge in [-0.05, 0) is 38.0 Å². The Morgan fingerprint density at radius 2 is 1.86 bits per heavy atom. The number of hydrogen-bond donors (Lipinski definition) is 1. The zero-order valence-corrected chi connectivity index (χ0v) is 14.0. The van der Waals surface area contributed by atoms with Crippen molar-refractivity contribution in [2.75, 3.05) is 20.6 Å². The molecule has 0 aliphatic rings. The molecule has 1 atom stereocenters. The lowest BCUT2D eigenvalue weighted by atomic mass is 10.0. The summed E-state index contributed by atoms with van der Waals surface area (Å²) in [6.07, 6.45) is 0. The van der Waals surface area contributed by atoms with Gasteiger partial charge in [-0.2, -0.15) is 0 Å². The molecule has 0 saturated heterocycles. The third-order valence-corrected chi connectivity index (χ3v) is 6.13. The van der Waals surface area contributed by atoms with Gasteiger partial charge in [0.25, 0.3) is 0 Å². The first-order chi connectivity index (χ1) is 9.90. The normalized spacial score (nSPS) is 13.5. The summed E-state index contributed by atoms with van der Waals surface area (Å²) in [5.74, 6) is 0. The minimum absolute atomic E-state index is 0.000312. The molecule has 1 aromatic carbocycles. The molecule has 0 unspecified atom stereocenters. The molecular weight excluding hydrogens is 304 g/mol. The van der Waals surface area contributed by atoms with Crippen molar-refractivity contribution >= 4 is 21.4 Å². The van der Waals surface area contributed by atoms with Crippen molar-refractivity contribution in [3.63, 3.8) is 0 Å². The summed E-state index contributed by atoms with van der Waals surface area (Å²) in [5.41, 5.74) is 2.29.